The van der Waals surface area contributed by atoms with E-state index in [-0.39, 0.29) is 22.4 Å². The van der Waals surface area contributed by atoms with E-state index in [4.69, 9.17) is 4.42 Å². The lowest BCUT2D eigenvalue weighted by molar-refractivity contribution is 0.463. The van der Waals surface area contributed by atoms with Crippen LogP contribution < -0.4 is 10.5 Å². The zero-order valence-corrected chi connectivity index (χ0v) is 17.6. The van der Waals surface area contributed by atoms with Crippen LogP contribution in [0.4, 0.5) is 0 Å². The van der Waals surface area contributed by atoms with E-state index in [1.165, 1.54) is 22.3 Å². The third-order valence-electron chi connectivity index (χ3n) is 4.99. The fourth-order valence-corrected chi connectivity index (χ4v) is 4.58. The van der Waals surface area contributed by atoms with E-state index in [9.17, 15) is 13.2 Å². The molecule has 0 saturated heterocycles. The third kappa shape index (κ3) is 3.91. The highest BCUT2D eigenvalue weighted by Crippen LogP contribution is 2.27. The monoisotopic (exact) mass is 402 g/mol. The smallest absolute Gasteiger partial charge is 0.408 e. The normalized spacial score (nSPS) is 13.5. The van der Waals surface area contributed by atoms with Crippen molar-refractivity contribution in [3.05, 3.63) is 64.1 Å². The third-order valence-corrected chi connectivity index (χ3v) is 6.42. The molecule has 0 amide bonds. The molecule has 1 heterocycles. The summed E-state index contributed by atoms with van der Waals surface area (Å²) >= 11 is 0. The molecule has 2 aromatic carbocycles. The molecule has 1 aromatic heterocycles. The first-order valence-electron chi connectivity index (χ1n) is 9.32. The Labute approximate surface area is 165 Å². The minimum atomic E-state index is -3.80. The summed E-state index contributed by atoms with van der Waals surface area (Å²) in [6.07, 6.45) is 0. The molecule has 6 nitrogen and oxygen atoms in total. The molecular formula is C21H26N2O4S. The summed E-state index contributed by atoms with van der Waals surface area (Å²) in [6, 6.07) is 12.1. The van der Waals surface area contributed by atoms with Crippen molar-refractivity contribution in [3.8, 4) is 0 Å². The molecule has 150 valence electrons. The van der Waals surface area contributed by atoms with Crippen molar-refractivity contribution in [1.29, 1.82) is 0 Å². The number of oxazole rings is 1. The summed E-state index contributed by atoms with van der Waals surface area (Å²) in [5.74, 6) is -0.0589. The van der Waals surface area contributed by atoms with Gasteiger partial charge < -0.3 is 4.42 Å². The van der Waals surface area contributed by atoms with Gasteiger partial charge in [0.25, 0.3) is 0 Å². The summed E-state index contributed by atoms with van der Waals surface area (Å²) in [7, 11) is -2.22. The highest BCUT2D eigenvalue weighted by molar-refractivity contribution is 7.89. The van der Waals surface area contributed by atoms with Crippen LogP contribution in [0.5, 0.6) is 0 Å². The van der Waals surface area contributed by atoms with Gasteiger partial charge in [0.1, 0.15) is 0 Å². The van der Waals surface area contributed by atoms with Crippen molar-refractivity contribution in [2.24, 2.45) is 13.0 Å². The summed E-state index contributed by atoms with van der Waals surface area (Å²) in [6.45, 7) is 8.19. The molecule has 28 heavy (non-hydrogen) atoms. The zero-order valence-electron chi connectivity index (χ0n) is 16.8. The fourth-order valence-electron chi connectivity index (χ4n) is 3.19. The summed E-state index contributed by atoms with van der Waals surface area (Å²) in [5.41, 5.74) is 2.92. The standard InChI is InChI=1S/C21H26N2O4S/c1-13(2)15-6-8-16(9-7-15)20(14(3)4)22-28(25,26)17-10-11-18-19(12-17)27-21(24)23(18)5/h6-14,20,22H,1-5H3/t20-/m0/s1. The molecule has 3 aromatic rings. The Morgan fingerprint density at radius 1 is 0.964 bits per heavy atom. The second-order valence-corrected chi connectivity index (χ2v) is 9.43. The van der Waals surface area contributed by atoms with E-state index < -0.39 is 15.8 Å². The molecular weight excluding hydrogens is 376 g/mol. The fraction of sp³-hybridized carbons (Fsp3) is 0.381. The Morgan fingerprint density at radius 2 is 1.57 bits per heavy atom. The van der Waals surface area contributed by atoms with Gasteiger partial charge >= 0.3 is 5.76 Å². The van der Waals surface area contributed by atoms with Crippen molar-refractivity contribution >= 4 is 21.1 Å². The molecule has 0 bridgehead atoms. The van der Waals surface area contributed by atoms with Gasteiger partial charge in [0, 0.05) is 19.2 Å². The number of rotatable bonds is 6. The maximum Gasteiger partial charge on any atom is 0.419 e. The zero-order chi connectivity index (χ0) is 20.6. The van der Waals surface area contributed by atoms with Crippen molar-refractivity contribution in [2.75, 3.05) is 0 Å². The SMILES string of the molecule is CC(C)c1ccc([C@@H](NS(=O)(=O)c2ccc3c(c2)oc(=O)n3C)C(C)C)cc1. The first-order chi connectivity index (χ1) is 13.1. The van der Waals surface area contributed by atoms with Crippen LogP contribution in [0.2, 0.25) is 0 Å². The van der Waals surface area contributed by atoms with E-state index in [2.05, 4.69) is 18.6 Å². The lowest BCUT2D eigenvalue weighted by Gasteiger charge is -2.23. The van der Waals surface area contributed by atoms with Crippen LogP contribution in [0.15, 0.2) is 56.6 Å². The average molecular weight is 403 g/mol. The van der Waals surface area contributed by atoms with Gasteiger partial charge in [-0.25, -0.2) is 17.9 Å². The Morgan fingerprint density at radius 3 is 2.14 bits per heavy atom. The van der Waals surface area contributed by atoms with Crippen molar-refractivity contribution in [3.63, 3.8) is 0 Å². The van der Waals surface area contributed by atoms with Crippen LogP contribution >= 0.6 is 0 Å². The summed E-state index contributed by atoms with van der Waals surface area (Å²) in [4.78, 5) is 11.7. The lowest BCUT2D eigenvalue weighted by Crippen LogP contribution is -2.31. The average Bonchev–Trinajstić information content (AvgIpc) is 2.93. The molecule has 1 N–H and O–H groups in total. The molecule has 1 atom stereocenters. The van der Waals surface area contributed by atoms with Crippen LogP contribution in [-0.4, -0.2) is 13.0 Å². The number of benzene rings is 2. The Balaban J connectivity index is 1.94. The van der Waals surface area contributed by atoms with Gasteiger partial charge in [0.05, 0.1) is 10.4 Å². The van der Waals surface area contributed by atoms with Crippen LogP contribution in [0.25, 0.3) is 11.1 Å². The van der Waals surface area contributed by atoms with Gasteiger partial charge in [-0.1, -0.05) is 52.0 Å². The van der Waals surface area contributed by atoms with Gasteiger partial charge in [-0.05, 0) is 35.1 Å². The van der Waals surface area contributed by atoms with E-state index in [1.807, 2.05) is 38.1 Å². The number of hydrogen-bond acceptors (Lipinski definition) is 4. The molecule has 0 aliphatic carbocycles. The maximum absolute atomic E-state index is 13.0. The van der Waals surface area contributed by atoms with Crippen LogP contribution in [0.1, 0.15) is 50.8 Å². The largest absolute Gasteiger partial charge is 0.419 e. The van der Waals surface area contributed by atoms with Crippen LogP contribution in [0, 0.1) is 5.92 Å². The molecule has 0 aliphatic heterocycles. The number of aromatic nitrogens is 1. The molecule has 0 radical (unpaired) electrons. The predicted molar refractivity (Wildman–Crippen MR) is 110 cm³/mol. The number of hydrogen-bond donors (Lipinski definition) is 1. The van der Waals surface area contributed by atoms with E-state index >= 15 is 0 Å². The molecule has 3 rings (SSSR count). The Kier molecular flexibility index (Phi) is 5.50. The number of sulfonamides is 1. The Bertz CT molecular complexity index is 1140. The number of nitrogens with zero attached hydrogens (tertiary/aromatic N) is 1. The lowest BCUT2D eigenvalue weighted by atomic mass is 9.94. The van der Waals surface area contributed by atoms with Gasteiger partial charge in [-0.15, -0.1) is 0 Å². The second kappa shape index (κ2) is 7.56. The molecule has 0 saturated carbocycles. The highest BCUT2D eigenvalue weighted by atomic mass is 32.2. The molecule has 0 spiro atoms. The summed E-state index contributed by atoms with van der Waals surface area (Å²) in [5, 5.41) is 0. The summed E-state index contributed by atoms with van der Waals surface area (Å²) < 4.78 is 35.3. The second-order valence-electron chi connectivity index (χ2n) is 7.72. The first-order valence-corrected chi connectivity index (χ1v) is 10.8. The maximum atomic E-state index is 13.0. The predicted octanol–water partition coefficient (Wildman–Crippen LogP) is 3.93. The number of nitrogens with one attached hydrogen (secondary N) is 1. The van der Waals surface area contributed by atoms with Gasteiger partial charge in [-0.2, -0.15) is 0 Å². The highest BCUT2D eigenvalue weighted by Gasteiger charge is 2.25. The first kappa shape index (κ1) is 20.4. The minimum Gasteiger partial charge on any atom is -0.408 e. The molecule has 0 aliphatic rings. The van der Waals surface area contributed by atoms with Crippen LogP contribution in [0.3, 0.4) is 0 Å². The Hall–Kier alpha value is -2.38. The van der Waals surface area contributed by atoms with Crippen LogP contribution in [-0.2, 0) is 17.1 Å². The van der Waals surface area contributed by atoms with Crippen molar-refractivity contribution < 1.29 is 12.8 Å². The van der Waals surface area contributed by atoms with Crippen molar-refractivity contribution in [1.82, 2.24) is 9.29 Å². The molecule has 0 unspecified atom stereocenters. The van der Waals surface area contributed by atoms with Gasteiger partial charge in [-0.3, -0.25) is 4.57 Å². The topological polar surface area (TPSA) is 81.3 Å². The number of aryl methyl sites for hydroxylation is 1. The molecule has 7 heteroatoms. The quantitative estimate of drug-likeness (QED) is 0.677. The van der Waals surface area contributed by atoms with E-state index in [0.29, 0.717) is 11.4 Å². The van der Waals surface area contributed by atoms with E-state index in [0.717, 1.165) is 5.56 Å². The van der Waals surface area contributed by atoms with E-state index in [1.54, 1.807) is 13.1 Å². The van der Waals surface area contributed by atoms with Gasteiger partial charge in [0.2, 0.25) is 10.0 Å². The van der Waals surface area contributed by atoms with Gasteiger partial charge in [0.15, 0.2) is 5.58 Å². The van der Waals surface area contributed by atoms with Crippen molar-refractivity contribution in [2.45, 2.75) is 44.6 Å². The minimum absolute atomic E-state index is 0.0538. The number of fused-ring (bicyclic) bond motifs is 1. The molecule has 0 fully saturated rings.